The van der Waals surface area contributed by atoms with Gasteiger partial charge >= 0.3 is 0 Å². The Hall–Kier alpha value is -2.02. The Kier molecular flexibility index (Phi) is 3.29. The second-order valence-corrected chi connectivity index (χ2v) is 4.16. The van der Waals surface area contributed by atoms with Crippen molar-refractivity contribution < 1.29 is 0 Å². The minimum Gasteiger partial charge on any atom is -0.344 e. The number of hydrogen-bond donors (Lipinski definition) is 0. The molecule has 0 aliphatic carbocycles. The van der Waals surface area contributed by atoms with Crippen molar-refractivity contribution in [1.29, 1.82) is 0 Å². The molecular weight excluding hydrogens is 206 g/mol. The lowest BCUT2D eigenvalue weighted by Crippen LogP contribution is -2.10. The van der Waals surface area contributed by atoms with Gasteiger partial charge in [-0.25, -0.2) is 0 Å². The van der Waals surface area contributed by atoms with Crippen LogP contribution in [-0.4, -0.2) is 7.05 Å². The van der Waals surface area contributed by atoms with Gasteiger partial charge in [0.15, 0.2) is 0 Å². The number of para-hydroxylation sites is 1. The third kappa shape index (κ3) is 2.39. The van der Waals surface area contributed by atoms with Gasteiger partial charge < -0.3 is 4.90 Å². The molecular formula is C16H17N. The van der Waals surface area contributed by atoms with Gasteiger partial charge in [-0.15, -0.1) is 0 Å². The van der Waals surface area contributed by atoms with E-state index in [1.165, 1.54) is 16.9 Å². The minimum absolute atomic E-state index is 1.15. The summed E-state index contributed by atoms with van der Waals surface area (Å²) in [5.41, 5.74) is 4.78. The second-order valence-electron chi connectivity index (χ2n) is 4.16. The molecule has 0 amide bonds. The van der Waals surface area contributed by atoms with Gasteiger partial charge in [0, 0.05) is 18.4 Å². The smallest absolute Gasteiger partial charge is 0.0481 e. The zero-order chi connectivity index (χ0) is 12.3. The van der Waals surface area contributed by atoms with Gasteiger partial charge in [-0.3, -0.25) is 0 Å². The van der Waals surface area contributed by atoms with Crippen LogP contribution in [0.4, 0.5) is 11.4 Å². The molecule has 86 valence electrons. The Labute approximate surface area is 103 Å². The van der Waals surface area contributed by atoms with Crippen LogP contribution < -0.4 is 4.90 Å². The maximum Gasteiger partial charge on any atom is 0.0481 e. The summed E-state index contributed by atoms with van der Waals surface area (Å²) < 4.78 is 0. The van der Waals surface area contributed by atoms with Crippen LogP contribution in [0.1, 0.15) is 11.1 Å². The van der Waals surface area contributed by atoms with Crippen molar-refractivity contribution >= 4 is 17.5 Å². The molecule has 17 heavy (non-hydrogen) atoms. The summed E-state index contributed by atoms with van der Waals surface area (Å²) >= 11 is 0. The lowest BCUT2D eigenvalue weighted by Gasteiger charge is -2.21. The molecule has 1 heteroatoms. The highest BCUT2D eigenvalue weighted by Crippen LogP contribution is 2.27. The average molecular weight is 223 g/mol. The molecule has 0 aliphatic heterocycles. The molecule has 0 bridgehead atoms. The molecule has 0 saturated carbocycles. The van der Waals surface area contributed by atoms with Gasteiger partial charge in [0.2, 0.25) is 0 Å². The predicted octanol–water partition coefficient (Wildman–Crippen LogP) is 4.41. The summed E-state index contributed by atoms with van der Waals surface area (Å²) in [4.78, 5) is 2.18. The van der Waals surface area contributed by atoms with Crippen LogP contribution in [0.15, 0.2) is 55.1 Å². The molecule has 0 saturated heterocycles. The number of rotatable bonds is 3. The van der Waals surface area contributed by atoms with Crippen molar-refractivity contribution in [3.05, 3.63) is 66.2 Å². The maximum absolute atomic E-state index is 3.86. The molecule has 0 N–H and O–H groups in total. The third-order valence-electron chi connectivity index (χ3n) is 2.94. The van der Waals surface area contributed by atoms with E-state index in [0.29, 0.717) is 0 Å². The Morgan fingerprint density at radius 1 is 1.00 bits per heavy atom. The third-order valence-corrected chi connectivity index (χ3v) is 2.94. The van der Waals surface area contributed by atoms with Gasteiger partial charge in [0.25, 0.3) is 0 Å². The lowest BCUT2D eigenvalue weighted by atomic mass is 10.1. The number of nitrogens with zero attached hydrogens (tertiary/aromatic N) is 1. The first-order valence-corrected chi connectivity index (χ1v) is 5.74. The predicted molar refractivity (Wildman–Crippen MR) is 75.8 cm³/mol. The Balaban J connectivity index is 2.39. The van der Waals surface area contributed by atoms with Gasteiger partial charge in [0.05, 0.1) is 0 Å². The highest BCUT2D eigenvalue weighted by Gasteiger charge is 2.06. The highest BCUT2D eigenvalue weighted by molar-refractivity contribution is 5.72. The fourth-order valence-corrected chi connectivity index (χ4v) is 1.87. The fraction of sp³-hybridized carbons (Fsp3) is 0.125. The second kappa shape index (κ2) is 4.88. The van der Waals surface area contributed by atoms with E-state index in [1.807, 2.05) is 18.2 Å². The van der Waals surface area contributed by atoms with Gasteiger partial charge in [-0.2, -0.15) is 0 Å². The van der Waals surface area contributed by atoms with Crippen molar-refractivity contribution in [2.75, 3.05) is 11.9 Å². The zero-order valence-electron chi connectivity index (χ0n) is 10.4. The van der Waals surface area contributed by atoms with E-state index in [1.54, 1.807) is 0 Å². The first-order valence-electron chi connectivity index (χ1n) is 5.74. The number of aryl methyl sites for hydroxylation is 1. The molecule has 0 radical (unpaired) electrons. The lowest BCUT2D eigenvalue weighted by molar-refractivity contribution is 1.20. The molecule has 0 aliphatic rings. The summed E-state index contributed by atoms with van der Waals surface area (Å²) in [6, 6.07) is 16.8. The summed E-state index contributed by atoms with van der Waals surface area (Å²) in [6.45, 7) is 5.95. The SMILES string of the molecule is C=Cc1ccccc1N(C)c1ccc(C)cc1. The summed E-state index contributed by atoms with van der Waals surface area (Å²) in [5.74, 6) is 0. The molecule has 0 heterocycles. The van der Waals surface area contributed by atoms with Crippen molar-refractivity contribution in [2.45, 2.75) is 6.92 Å². The van der Waals surface area contributed by atoms with Crippen LogP contribution in [-0.2, 0) is 0 Å². The molecule has 2 aromatic rings. The van der Waals surface area contributed by atoms with E-state index < -0.39 is 0 Å². The number of anilines is 2. The van der Waals surface area contributed by atoms with E-state index >= 15 is 0 Å². The van der Waals surface area contributed by atoms with Crippen LogP contribution in [0.2, 0.25) is 0 Å². The summed E-state index contributed by atoms with van der Waals surface area (Å²) in [5, 5.41) is 0. The fourth-order valence-electron chi connectivity index (χ4n) is 1.87. The Morgan fingerprint density at radius 2 is 1.65 bits per heavy atom. The average Bonchev–Trinajstić information content (AvgIpc) is 2.39. The zero-order valence-corrected chi connectivity index (χ0v) is 10.4. The minimum atomic E-state index is 1.15. The quantitative estimate of drug-likeness (QED) is 0.745. The van der Waals surface area contributed by atoms with Crippen molar-refractivity contribution in [3.8, 4) is 0 Å². The molecule has 0 aromatic heterocycles. The first kappa shape index (κ1) is 11.5. The Morgan fingerprint density at radius 3 is 2.29 bits per heavy atom. The standard InChI is InChI=1S/C16H17N/c1-4-14-7-5-6-8-16(14)17(3)15-11-9-13(2)10-12-15/h4-12H,1H2,2-3H3. The van der Waals surface area contributed by atoms with E-state index in [4.69, 9.17) is 0 Å². The Bertz CT molecular complexity index is 511. The highest BCUT2D eigenvalue weighted by atomic mass is 15.1. The topological polar surface area (TPSA) is 3.24 Å². The van der Waals surface area contributed by atoms with Crippen LogP contribution in [0, 0.1) is 6.92 Å². The van der Waals surface area contributed by atoms with E-state index in [0.717, 1.165) is 5.56 Å². The first-order chi connectivity index (χ1) is 8.22. The van der Waals surface area contributed by atoms with Crippen LogP contribution in [0.5, 0.6) is 0 Å². The molecule has 2 rings (SSSR count). The molecule has 1 nitrogen and oxygen atoms in total. The number of hydrogen-bond acceptors (Lipinski definition) is 1. The van der Waals surface area contributed by atoms with Crippen molar-refractivity contribution in [1.82, 2.24) is 0 Å². The maximum atomic E-state index is 3.86. The molecule has 0 spiro atoms. The monoisotopic (exact) mass is 223 g/mol. The van der Waals surface area contributed by atoms with Gasteiger partial charge in [-0.1, -0.05) is 48.6 Å². The molecule has 0 unspecified atom stereocenters. The molecule has 2 aromatic carbocycles. The number of benzene rings is 2. The largest absolute Gasteiger partial charge is 0.344 e. The van der Waals surface area contributed by atoms with E-state index in [9.17, 15) is 0 Å². The van der Waals surface area contributed by atoms with E-state index in [-0.39, 0.29) is 0 Å². The normalized spacial score (nSPS) is 10.0. The van der Waals surface area contributed by atoms with Gasteiger partial charge in [-0.05, 0) is 30.7 Å². The van der Waals surface area contributed by atoms with Crippen LogP contribution >= 0.6 is 0 Å². The van der Waals surface area contributed by atoms with Crippen LogP contribution in [0.3, 0.4) is 0 Å². The van der Waals surface area contributed by atoms with Crippen molar-refractivity contribution in [3.63, 3.8) is 0 Å². The van der Waals surface area contributed by atoms with Crippen LogP contribution in [0.25, 0.3) is 6.08 Å². The van der Waals surface area contributed by atoms with Crippen molar-refractivity contribution in [2.24, 2.45) is 0 Å². The molecule has 0 fully saturated rings. The summed E-state index contributed by atoms with van der Waals surface area (Å²) in [6.07, 6.45) is 1.89. The summed E-state index contributed by atoms with van der Waals surface area (Å²) in [7, 11) is 2.08. The van der Waals surface area contributed by atoms with Gasteiger partial charge in [0.1, 0.15) is 0 Å². The van der Waals surface area contributed by atoms with E-state index in [2.05, 4.69) is 61.8 Å². The molecule has 0 atom stereocenters.